The Morgan fingerprint density at radius 2 is 1.84 bits per heavy atom. The molecule has 0 radical (unpaired) electrons. The van der Waals surface area contributed by atoms with Gasteiger partial charge in [0.15, 0.2) is 0 Å². The molecule has 1 N–H and O–H groups in total. The van der Waals surface area contributed by atoms with E-state index in [4.69, 9.17) is 27.9 Å². The van der Waals surface area contributed by atoms with Gasteiger partial charge in [-0.3, -0.25) is 10.1 Å². The molecule has 0 unspecified atom stereocenters. The third kappa shape index (κ3) is 6.05. The lowest BCUT2D eigenvalue weighted by Gasteiger charge is -2.09. The molecule has 0 aliphatic rings. The molecule has 1 heterocycles. The zero-order chi connectivity index (χ0) is 23.3. The Kier molecular flexibility index (Phi) is 7.48. The first-order valence-corrected chi connectivity index (χ1v) is 12.3. The van der Waals surface area contributed by atoms with E-state index in [1.807, 2.05) is 6.07 Å². The number of hydrogen-bond donors (Lipinski definition) is 1. The second-order valence-electron chi connectivity index (χ2n) is 6.33. The molecule has 0 bridgehead atoms. The molecular formula is C20H14Cl2N4O4S2. The first-order valence-electron chi connectivity index (χ1n) is 8.80. The molecule has 0 aliphatic carbocycles. The summed E-state index contributed by atoms with van der Waals surface area (Å²) in [6.45, 7) is 0.177. The van der Waals surface area contributed by atoms with E-state index in [1.54, 1.807) is 42.5 Å². The molecule has 1 amide bonds. The lowest BCUT2D eigenvalue weighted by Crippen LogP contribution is -2.13. The van der Waals surface area contributed by atoms with Gasteiger partial charge >= 0.3 is 0 Å². The molecule has 0 fully saturated rings. The van der Waals surface area contributed by atoms with Gasteiger partial charge in [0, 0.05) is 21.9 Å². The van der Waals surface area contributed by atoms with Crippen LogP contribution < -0.4 is 10.1 Å². The summed E-state index contributed by atoms with van der Waals surface area (Å²) in [6, 6.07) is 13.7. The third-order valence-electron chi connectivity index (χ3n) is 3.95. The summed E-state index contributed by atoms with van der Waals surface area (Å²) in [4.78, 5) is 12.3. The Balaban J connectivity index is 1.67. The van der Waals surface area contributed by atoms with Crippen molar-refractivity contribution in [2.24, 2.45) is 0 Å². The van der Waals surface area contributed by atoms with Crippen molar-refractivity contribution in [1.29, 1.82) is 5.26 Å². The first-order chi connectivity index (χ1) is 15.2. The number of sulfone groups is 1. The molecule has 0 spiro atoms. The number of carbonyl (C=O) groups excluding carboxylic acids is 1. The van der Waals surface area contributed by atoms with Gasteiger partial charge in [0.2, 0.25) is 19.3 Å². The standard InChI is InChI=1S/C20H14Cl2N4O4S2/c1-32(28,29)20-26-25-19(31-20)24-18(27)13(10-23)9-12-5-7-14(8-6-12)30-11-15-16(21)3-2-4-17(15)22/h2-9H,11H2,1H3,(H,24,25,27)/b13-9-. The summed E-state index contributed by atoms with van der Waals surface area (Å²) in [7, 11) is -3.54. The van der Waals surface area contributed by atoms with E-state index in [9.17, 15) is 18.5 Å². The Morgan fingerprint density at radius 1 is 1.19 bits per heavy atom. The molecular weight excluding hydrogens is 495 g/mol. The molecule has 3 aromatic rings. The van der Waals surface area contributed by atoms with Crippen LogP contribution in [0.5, 0.6) is 5.75 Å². The van der Waals surface area contributed by atoms with Crippen LogP contribution in [0.25, 0.3) is 6.08 Å². The van der Waals surface area contributed by atoms with Gasteiger partial charge in [-0.15, -0.1) is 10.2 Å². The van der Waals surface area contributed by atoms with Crippen molar-refractivity contribution < 1.29 is 17.9 Å². The molecule has 0 aliphatic heterocycles. The van der Waals surface area contributed by atoms with Gasteiger partial charge in [-0.25, -0.2) is 8.42 Å². The van der Waals surface area contributed by atoms with Crippen LogP contribution in [0.1, 0.15) is 11.1 Å². The molecule has 3 rings (SSSR count). The quantitative estimate of drug-likeness (QED) is 0.285. The normalized spacial score (nSPS) is 11.6. The SMILES string of the molecule is CS(=O)(=O)c1nnc(NC(=O)/C(C#N)=C\c2ccc(OCc3c(Cl)cccc3Cl)cc2)s1. The van der Waals surface area contributed by atoms with Crippen LogP contribution in [0.4, 0.5) is 5.13 Å². The number of nitriles is 1. The Hall–Kier alpha value is -2.97. The number of amides is 1. The van der Waals surface area contributed by atoms with Crippen molar-refractivity contribution in [2.75, 3.05) is 11.6 Å². The summed E-state index contributed by atoms with van der Waals surface area (Å²) in [5.41, 5.74) is 1.05. The zero-order valence-corrected chi connectivity index (χ0v) is 19.5. The largest absolute Gasteiger partial charge is 0.489 e. The smallest absolute Gasteiger partial charge is 0.268 e. The van der Waals surface area contributed by atoms with Crippen LogP contribution in [0, 0.1) is 11.3 Å². The maximum Gasteiger partial charge on any atom is 0.268 e. The number of hydrogen-bond acceptors (Lipinski definition) is 8. The summed E-state index contributed by atoms with van der Waals surface area (Å²) in [6.07, 6.45) is 2.36. The minimum absolute atomic E-state index is 0.0291. The average molecular weight is 509 g/mol. The van der Waals surface area contributed by atoms with Gasteiger partial charge in [0.25, 0.3) is 5.91 Å². The maximum atomic E-state index is 12.3. The monoisotopic (exact) mass is 508 g/mol. The molecule has 12 heteroatoms. The first kappa shape index (κ1) is 23.7. The number of aromatic nitrogens is 2. The lowest BCUT2D eigenvalue weighted by atomic mass is 10.1. The van der Waals surface area contributed by atoms with E-state index in [0.717, 1.165) is 6.26 Å². The summed E-state index contributed by atoms with van der Waals surface area (Å²) >= 11 is 13.0. The van der Waals surface area contributed by atoms with Gasteiger partial charge in [-0.1, -0.05) is 52.7 Å². The number of nitrogens with one attached hydrogen (secondary N) is 1. The molecule has 0 atom stereocenters. The fourth-order valence-electron chi connectivity index (χ4n) is 2.38. The molecule has 2 aromatic carbocycles. The topological polar surface area (TPSA) is 122 Å². The van der Waals surface area contributed by atoms with E-state index < -0.39 is 15.7 Å². The van der Waals surface area contributed by atoms with E-state index in [0.29, 0.717) is 38.3 Å². The molecule has 164 valence electrons. The van der Waals surface area contributed by atoms with E-state index in [1.165, 1.54) is 6.08 Å². The molecule has 0 saturated carbocycles. The van der Waals surface area contributed by atoms with Gasteiger partial charge < -0.3 is 4.74 Å². The Labute approximate surface area is 198 Å². The van der Waals surface area contributed by atoms with Crippen molar-refractivity contribution in [3.8, 4) is 11.8 Å². The number of halogens is 2. The van der Waals surface area contributed by atoms with Crippen LogP contribution in [0.2, 0.25) is 10.0 Å². The highest BCUT2D eigenvalue weighted by Gasteiger charge is 2.17. The Morgan fingerprint density at radius 3 is 2.41 bits per heavy atom. The van der Waals surface area contributed by atoms with Gasteiger partial charge in [0.05, 0.1) is 0 Å². The molecule has 1 aromatic heterocycles. The number of nitrogens with zero attached hydrogens (tertiary/aromatic N) is 3. The molecule has 32 heavy (non-hydrogen) atoms. The molecule has 0 saturated heterocycles. The van der Waals surface area contributed by atoms with Crippen LogP contribution >= 0.6 is 34.5 Å². The predicted octanol–water partition coefficient (Wildman–Crippen LogP) is 4.37. The van der Waals surface area contributed by atoms with Gasteiger partial charge in [-0.05, 0) is 35.9 Å². The minimum Gasteiger partial charge on any atom is -0.489 e. The van der Waals surface area contributed by atoms with Crippen molar-refractivity contribution in [3.63, 3.8) is 0 Å². The van der Waals surface area contributed by atoms with Crippen molar-refractivity contribution in [2.45, 2.75) is 10.9 Å². The third-order valence-corrected chi connectivity index (χ3v) is 7.16. The fraction of sp³-hybridized carbons (Fsp3) is 0.100. The zero-order valence-electron chi connectivity index (χ0n) is 16.4. The maximum absolute atomic E-state index is 12.3. The van der Waals surface area contributed by atoms with Crippen molar-refractivity contribution in [1.82, 2.24) is 10.2 Å². The van der Waals surface area contributed by atoms with Crippen LogP contribution in [0.15, 0.2) is 52.4 Å². The highest BCUT2D eigenvalue weighted by atomic mass is 35.5. The fourth-order valence-corrected chi connectivity index (χ4v) is 4.39. The summed E-state index contributed by atoms with van der Waals surface area (Å²) in [5.74, 6) is -0.194. The lowest BCUT2D eigenvalue weighted by molar-refractivity contribution is -0.112. The second kappa shape index (κ2) is 10.1. The highest BCUT2D eigenvalue weighted by Crippen LogP contribution is 2.26. The number of carbonyl (C=O) groups is 1. The average Bonchev–Trinajstić information content (AvgIpc) is 3.21. The molecule has 8 nitrogen and oxygen atoms in total. The van der Waals surface area contributed by atoms with E-state index in [2.05, 4.69) is 15.5 Å². The second-order valence-corrected chi connectivity index (χ2v) is 10.3. The number of ether oxygens (including phenoxy) is 1. The van der Waals surface area contributed by atoms with Crippen molar-refractivity contribution >= 4 is 61.5 Å². The summed E-state index contributed by atoms with van der Waals surface area (Å²) < 4.78 is 28.4. The van der Waals surface area contributed by atoms with Gasteiger partial charge in [-0.2, -0.15) is 5.26 Å². The Bertz CT molecular complexity index is 1310. The van der Waals surface area contributed by atoms with Crippen LogP contribution in [-0.4, -0.2) is 30.8 Å². The van der Waals surface area contributed by atoms with Crippen LogP contribution in [-0.2, 0) is 21.2 Å². The van der Waals surface area contributed by atoms with E-state index in [-0.39, 0.29) is 21.7 Å². The minimum atomic E-state index is -3.54. The van der Waals surface area contributed by atoms with Gasteiger partial charge in [0.1, 0.15) is 24.0 Å². The number of benzene rings is 2. The van der Waals surface area contributed by atoms with Crippen LogP contribution in [0.3, 0.4) is 0 Å². The number of anilines is 1. The predicted molar refractivity (Wildman–Crippen MR) is 122 cm³/mol. The number of rotatable bonds is 7. The highest BCUT2D eigenvalue weighted by molar-refractivity contribution is 7.92. The van der Waals surface area contributed by atoms with Crippen molar-refractivity contribution in [3.05, 3.63) is 69.2 Å². The summed E-state index contributed by atoms with van der Waals surface area (Å²) in [5, 5.41) is 19.8. The van der Waals surface area contributed by atoms with E-state index >= 15 is 0 Å².